The highest BCUT2D eigenvalue weighted by Crippen LogP contribution is 2.25. The number of aromatic nitrogens is 3. The third kappa shape index (κ3) is 2.64. The van der Waals surface area contributed by atoms with Crippen molar-refractivity contribution in [3.05, 3.63) is 21.0 Å². The number of hydrogen-bond donors (Lipinski definition) is 0. The van der Waals surface area contributed by atoms with Crippen molar-refractivity contribution in [1.29, 1.82) is 0 Å². The first-order valence-corrected chi connectivity index (χ1v) is 7.54. The molecule has 0 radical (unpaired) electrons. The summed E-state index contributed by atoms with van der Waals surface area (Å²) in [5, 5.41) is 0. The molecule has 6 nitrogen and oxygen atoms in total. The molecule has 20 heavy (non-hydrogen) atoms. The van der Waals surface area contributed by atoms with Gasteiger partial charge in [0, 0.05) is 26.2 Å². The van der Waals surface area contributed by atoms with E-state index >= 15 is 0 Å². The Morgan fingerprint density at radius 2 is 1.75 bits per heavy atom. The van der Waals surface area contributed by atoms with Gasteiger partial charge in [-0.2, -0.15) is 4.98 Å². The van der Waals surface area contributed by atoms with Crippen molar-refractivity contribution < 1.29 is 0 Å². The molecule has 0 aliphatic heterocycles. The first-order valence-electron chi connectivity index (χ1n) is 7.54. The van der Waals surface area contributed by atoms with Crippen molar-refractivity contribution in [1.82, 2.24) is 14.1 Å². The van der Waals surface area contributed by atoms with E-state index < -0.39 is 5.69 Å². The molecular weight excluding hydrogens is 256 g/mol. The van der Waals surface area contributed by atoms with Gasteiger partial charge in [0.1, 0.15) is 0 Å². The van der Waals surface area contributed by atoms with E-state index in [1.54, 1.807) is 7.05 Å². The summed E-state index contributed by atoms with van der Waals surface area (Å²) >= 11 is 0. The van der Waals surface area contributed by atoms with Crippen LogP contribution < -0.4 is 16.3 Å². The highest BCUT2D eigenvalue weighted by Gasteiger charge is 2.22. The van der Waals surface area contributed by atoms with Crippen LogP contribution in [-0.2, 0) is 7.05 Å². The summed E-state index contributed by atoms with van der Waals surface area (Å²) in [5.41, 5.74) is -0.638. The summed E-state index contributed by atoms with van der Waals surface area (Å²) in [6, 6.07) is 0.0215. The molecule has 1 heterocycles. The monoisotopic (exact) mass is 280 g/mol. The molecule has 1 aliphatic rings. The third-order valence-corrected chi connectivity index (χ3v) is 4.18. The van der Waals surface area contributed by atoms with E-state index in [9.17, 15) is 9.59 Å². The van der Waals surface area contributed by atoms with E-state index in [1.165, 1.54) is 15.6 Å². The summed E-state index contributed by atoms with van der Waals surface area (Å²) < 4.78 is 2.86. The van der Waals surface area contributed by atoms with Gasteiger partial charge in [0.25, 0.3) is 0 Å². The number of nitrogens with zero attached hydrogens (tertiary/aromatic N) is 4. The summed E-state index contributed by atoms with van der Waals surface area (Å²) in [6.45, 7) is 5.43. The van der Waals surface area contributed by atoms with E-state index in [2.05, 4.69) is 4.98 Å². The van der Waals surface area contributed by atoms with Gasteiger partial charge in [-0.15, -0.1) is 0 Å². The first-order chi connectivity index (χ1) is 9.60. The SMILES string of the molecule is CCN(CC)c1nc(=O)n(C2CCCCC2)c(=O)n1C. The highest BCUT2D eigenvalue weighted by molar-refractivity contribution is 5.28. The maximum Gasteiger partial charge on any atom is 0.355 e. The molecule has 2 rings (SSSR count). The molecule has 112 valence electrons. The first kappa shape index (κ1) is 14.8. The number of rotatable bonds is 4. The van der Waals surface area contributed by atoms with E-state index in [0.717, 1.165) is 38.8 Å². The van der Waals surface area contributed by atoms with Gasteiger partial charge in [-0.05, 0) is 26.7 Å². The van der Waals surface area contributed by atoms with Gasteiger partial charge in [0.2, 0.25) is 5.95 Å². The maximum atomic E-state index is 12.5. The normalized spacial score (nSPS) is 16.4. The molecule has 6 heteroatoms. The Hall–Kier alpha value is -1.59. The lowest BCUT2D eigenvalue weighted by Crippen LogP contribution is -2.46. The molecule has 1 saturated carbocycles. The van der Waals surface area contributed by atoms with Gasteiger partial charge in [0.15, 0.2) is 0 Å². The second kappa shape index (κ2) is 6.24. The van der Waals surface area contributed by atoms with Crippen molar-refractivity contribution in [2.24, 2.45) is 7.05 Å². The predicted octanol–water partition coefficient (Wildman–Crippen LogP) is 1.29. The molecule has 0 unspecified atom stereocenters. The van der Waals surface area contributed by atoms with Gasteiger partial charge in [0.05, 0.1) is 0 Å². The molecule has 0 spiro atoms. The Kier molecular flexibility index (Phi) is 4.62. The van der Waals surface area contributed by atoms with Crippen LogP contribution in [-0.4, -0.2) is 27.2 Å². The largest absolute Gasteiger partial charge is 0.355 e. The zero-order valence-corrected chi connectivity index (χ0v) is 12.6. The van der Waals surface area contributed by atoms with Crippen LogP contribution in [0, 0.1) is 0 Å². The molecule has 0 aromatic carbocycles. The molecule has 0 N–H and O–H groups in total. The second-order valence-electron chi connectivity index (χ2n) is 5.37. The molecule has 1 fully saturated rings. The molecule has 1 aromatic rings. The highest BCUT2D eigenvalue weighted by atomic mass is 16.2. The van der Waals surface area contributed by atoms with E-state index in [-0.39, 0.29) is 11.7 Å². The summed E-state index contributed by atoms with van der Waals surface area (Å²) in [5.74, 6) is 0.469. The van der Waals surface area contributed by atoms with Gasteiger partial charge < -0.3 is 4.90 Å². The van der Waals surface area contributed by atoms with Crippen LogP contribution in [0.4, 0.5) is 5.95 Å². The Morgan fingerprint density at radius 1 is 1.15 bits per heavy atom. The molecule has 1 aromatic heterocycles. The average Bonchev–Trinajstić information content (AvgIpc) is 2.46. The molecule has 0 atom stereocenters. The Morgan fingerprint density at radius 3 is 2.30 bits per heavy atom. The molecule has 0 bridgehead atoms. The molecule has 0 saturated heterocycles. The molecule has 0 amide bonds. The maximum absolute atomic E-state index is 12.5. The Labute approximate surface area is 119 Å². The van der Waals surface area contributed by atoms with Gasteiger partial charge in [-0.3, -0.25) is 4.57 Å². The lowest BCUT2D eigenvalue weighted by molar-refractivity contribution is 0.326. The van der Waals surface area contributed by atoms with E-state index in [0.29, 0.717) is 5.95 Å². The van der Waals surface area contributed by atoms with Gasteiger partial charge in [-0.25, -0.2) is 14.2 Å². The van der Waals surface area contributed by atoms with Crippen LogP contribution >= 0.6 is 0 Å². The number of anilines is 1. The molecular formula is C14H24N4O2. The summed E-state index contributed by atoms with van der Waals surface area (Å²) in [7, 11) is 1.70. The van der Waals surface area contributed by atoms with Crippen molar-refractivity contribution >= 4 is 5.95 Å². The topological polar surface area (TPSA) is 60.1 Å². The fourth-order valence-corrected chi connectivity index (χ4v) is 2.98. The fraction of sp³-hybridized carbons (Fsp3) is 0.786. The summed E-state index contributed by atoms with van der Waals surface area (Å²) in [6.07, 6.45) is 5.16. The Bertz CT molecular complexity index is 566. The lowest BCUT2D eigenvalue weighted by atomic mass is 9.95. The quantitative estimate of drug-likeness (QED) is 0.834. The lowest BCUT2D eigenvalue weighted by Gasteiger charge is -2.26. The van der Waals surface area contributed by atoms with Crippen molar-refractivity contribution in [2.45, 2.75) is 52.0 Å². The van der Waals surface area contributed by atoms with Gasteiger partial charge in [-0.1, -0.05) is 19.3 Å². The fourth-order valence-electron chi connectivity index (χ4n) is 2.98. The van der Waals surface area contributed by atoms with Crippen LogP contribution in [0.1, 0.15) is 52.0 Å². The minimum absolute atomic E-state index is 0.0215. The van der Waals surface area contributed by atoms with Crippen molar-refractivity contribution in [3.8, 4) is 0 Å². The minimum atomic E-state index is -0.401. The number of hydrogen-bond acceptors (Lipinski definition) is 4. The van der Waals surface area contributed by atoms with Crippen molar-refractivity contribution in [2.75, 3.05) is 18.0 Å². The van der Waals surface area contributed by atoms with Crippen LogP contribution in [0.5, 0.6) is 0 Å². The third-order valence-electron chi connectivity index (χ3n) is 4.18. The predicted molar refractivity (Wildman–Crippen MR) is 79.4 cm³/mol. The molecule has 1 aliphatic carbocycles. The van der Waals surface area contributed by atoms with E-state index in [1.807, 2.05) is 18.7 Å². The van der Waals surface area contributed by atoms with Crippen LogP contribution in [0.25, 0.3) is 0 Å². The van der Waals surface area contributed by atoms with Crippen molar-refractivity contribution in [3.63, 3.8) is 0 Å². The standard InChI is InChI=1S/C14H24N4O2/c1-4-17(5-2)12-15-13(19)18(14(20)16(12)3)11-9-7-6-8-10-11/h11H,4-10H2,1-3H3. The minimum Gasteiger partial charge on any atom is -0.343 e. The average molecular weight is 280 g/mol. The van der Waals surface area contributed by atoms with Crippen LogP contribution in [0.3, 0.4) is 0 Å². The van der Waals surface area contributed by atoms with Crippen LogP contribution in [0.2, 0.25) is 0 Å². The smallest absolute Gasteiger partial charge is 0.343 e. The van der Waals surface area contributed by atoms with Crippen LogP contribution in [0.15, 0.2) is 9.59 Å². The summed E-state index contributed by atoms with van der Waals surface area (Å²) in [4.78, 5) is 30.8. The second-order valence-corrected chi connectivity index (χ2v) is 5.37. The zero-order valence-electron chi connectivity index (χ0n) is 12.6. The van der Waals surface area contributed by atoms with Gasteiger partial charge >= 0.3 is 11.4 Å². The zero-order chi connectivity index (χ0) is 14.7. The van der Waals surface area contributed by atoms with E-state index in [4.69, 9.17) is 0 Å². The Balaban J connectivity index is 2.49.